The Morgan fingerprint density at radius 1 is 1.53 bits per heavy atom. The topological polar surface area (TPSA) is 72.2 Å². The third-order valence-electron chi connectivity index (χ3n) is 2.42. The Labute approximate surface area is 124 Å². The minimum absolute atomic E-state index is 0.00849. The normalized spacial score (nSPS) is 12.0. The molecule has 5 nitrogen and oxygen atoms in total. The smallest absolute Gasteiger partial charge is 0.271 e. The molecule has 0 fully saturated rings. The Hall–Kier alpha value is -0.980. The van der Waals surface area contributed by atoms with Crippen LogP contribution < -0.4 is 5.32 Å². The monoisotopic (exact) mass is 322 g/mol. The second kappa shape index (κ2) is 6.98. The first-order valence-corrected chi connectivity index (χ1v) is 7.35. The van der Waals surface area contributed by atoms with Gasteiger partial charge in [-0.2, -0.15) is 11.8 Å². The van der Waals surface area contributed by atoms with Gasteiger partial charge in [-0.25, -0.2) is 0 Å². The molecule has 1 amide bonds. The molecular weight excluding hydrogens is 311 g/mol. The molecule has 1 unspecified atom stereocenters. The van der Waals surface area contributed by atoms with Crippen LogP contribution in [0.1, 0.15) is 17.3 Å². The second-order valence-electron chi connectivity index (χ2n) is 3.80. The van der Waals surface area contributed by atoms with Crippen molar-refractivity contribution >= 4 is 46.6 Å². The maximum atomic E-state index is 11.9. The van der Waals surface area contributed by atoms with Crippen LogP contribution in [0, 0.1) is 10.1 Å². The zero-order valence-electron chi connectivity index (χ0n) is 10.3. The summed E-state index contributed by atoms with van der Waals surface area (Å²) in [5, 5.41) is 13.6. The van der Waals surface area contributed by atoms with Crippen LogP contribution >= 0.6 is 35.0 Å². The zero-order valence-corrected chi connectivity index (χ0v) is 12.6. The quantitative estimate of drug-likeness (QED) is 0.666. The molecule has 19 heavy (non-hydrogen) atoms. The van der Waals surface area contributed by atoms with E-state index in [0.29, 0.717) is 6.54 Å². The highest BCUT2D eigenvalue weighted by Gasteiger charge is 2.19. The number of thioether (sulfide) groups is 1. The maximum Gasteiger partial charge on any atom is 0.271 e. The summed E-state index contributed by atoms with van der Waals surface area (Å²) in [7, 11) is 0. The van der Waals surface area contributed by atoms with Gasteiger partial charge in [0.1, 0.15) is 0 Å². The van der Waals surface area contributed by atoms with Crippen molar-refractivity contribution in [3.05, 3.63) is 37.9 Å². The lowest BCUT2D eigenvalue weighted by molar-refractivity contribution is -0.384. The van der Waals surface area contributed by atoms with Crippen molar-refractivity contribution in [2.24, 2.45) is 0 Å². The molecule has 1 atom stereocenters. The SMILES string of the molecule is CSC(C)CNC(=O)c1cc([N+](=O)[O-])cc(Cl)c1Cl. The lowest BCUT2D eigenvalue weighted by atomic mass is 10.2. The highest BCUT2D eigenvalue weighted by atomic mass is 35.5. The molecule has 0 radical (unpaired) electrons. The van der Waals surface area contributed by atoms with E-state index in [9.17, 15) is 14.9 Å². The van der Waals surface area contributed by atoms with E-state index < -0.39 is 10.8 Å². The van der Waals surface area contributed by atoms with Crippen molar-refractivity contribution in [3.63, 3.8) is 0 Å². The van der Waals surface area contributed by atoms with Crippen molar-refractivity contribution < 1.29 is 9.72 Å². The lowest BCUT2D eigenvalue weighted by Crippen LogP contribution is -2.29. The zero-order chi connectivity index (χ0) is 14.6. The number of rotatable bonds is 5. The molecular formula is C11H12Cl2N2O3S. The molecule has 1 aromatic carbocycles. The average Bonchev–Trinajstić information content (AvgIpc) is 2.38. The predicted molar refractivity (Wildman–Crippen MR) is 78.4 cm³/mol. The van der Waals surface area contributed by atoms with E-state index in [-0.39, 0.29) is 26.5 Å². The van der Waals surface area contributed by atoms with Crippen molar-refractivity contribution in [1.29, 1.82) is 0 Å². The average molecular weight is 323 g/mol. The number of nitro benzene ring substituents is 1. The molecule has 0 aliphatic carbocycles. The van der Waals surface area contributed by atoms with Gasteiger partial charge in [0.15, 0.2) is 0 Å². The molecule has 0 saturated heterocycles. The van der Waals surface area contributed by atoms with Crippen LogP contribution in [0.2, 0.25) is 10.0 Å². The van der Waals surface area contributed by atoms with Crippen LogP contribution in [0.5, 0.6) is 0 Å². The summed E-state index contributed by atoms with van der Waals surface area (Å²) in [4.78, 5) is 22.0. The molecule has 0 aliphatic rings. The fraction of sp³-hybridized carbons (Fsp3) is 0.364. The summed E-state index contributed by atoms with van der Waals surface area (Å²) < 4.78 is 0. The van der Waals surface area contributed by atoms with E-state index >= 15 is 0 Å². The van der Waals surface area contributed by atoms with E-state index in [1.165, 1.54) is 0 Å². The number of hydrogen-bond donors (Lipinski definition) is 1. The van der Waals surface area contributed by atoms with Gasteiger partial charge in [-0.3, -0.25) is 14.9 Å². The van der Waals surface area contributed by atoms with E-state index in [0.717, 1.165) is 12.1 Å². The molecule has 1 rings (SSSR count). The Balaban J connectivity index is 2.98. The molecule has 0 spiro atoms. The van der Waals surface area contributed by atoms with Crippen LogP contribution in [0.4, 0.5) is 5.69 Å². The number of hydrogen-bond acceptors (Lipinski definition) is 4. The van der Waals surface area contributed by atoms with Gasteiger partial charge in [0.05, 0.1) is 20.5 Å². The summed E-state index contributed by atoms with van der Waals surface area (Å²) in [6, 6.07) is 2.23. The van der Waals surface area contributed by atoms with Gasteiger partial charge in [-0.05, 0) is 6.26 Å². The minimum Gasteiger partial charge on any atom is -0.351 e. The first kappa shape index (κ1) is 16.1. The number of carbonyl (C=O) groups excluding carboxylic acids is 1. The Morgan fingerprint density at radius 3 is 2.68 bits per heavy atom. The molecule has 0 saturated carbocycles. The first-order chi connectivity index (χ1) is 8.86. The van der Waals surface area contributed by atoms with Crippen LogP contribution in [0.3, 0.4) is 0 Å². The summed E-state index contributed by atoms with van der Waals surface area (Å²) in [6.07, 6.45) is 1.92. The second-order valence-corrected chi connectivity index (χ2v) is 5.86. The number of benzene rings is 1. The third kappa shape index (κ3) is 4.26. The van der Waals surface area contributed by atoms with Gasteiger partial charge >= 0.3 is 0 Å². The van der Waals surface area contributed by atoms with Crippen molar-refractivity contribution in [2.75, 3.05) is 12.8 Å². The molecule has 104 valence electrons. The van der Waals surface area contributed by atoms with Gasteiger partial charge < -0.3 is 5.32 Å². The van der Waals surface area contributed by atoms with Crippen LogP contribution in [0.15, 0.2) is 12.1 Å². The largest absolute Gasteiger partial charge is 0.351 e. The van der Waals surface area contributed by atoms with E-state index in [4.69, 9.17) is 23.2 Å². The minimum atomic E-state index is -0.622. The van der Waals surface area contributed by atoms with E-state index in [2.05, 4.69) is 5.32 Å². The molecule has 8 heteroatoms. The highest BCUT2D eigenvalue weighted by Crippen LogP contribution is 2.30. The van der Waals surface area contributed by atoms with Crippen molar-refractivity contribution in [2.45, 2.75) is 12.2 Å². The fourth-order valence-corrected chi connectivity index (χ4v) is 1.92. The number of non-ortho nitro benzene ring substituents is 1. The highest BCUT2D eigenvalue weighted by molar-refractivity contribution is 7.99. The Bertz CT molecular complexity index is 511. The third-order valence-corrected chi connectivity index (χ3v) is 4.19. The molecule has 1 N–H and O–H groups in total. The number of carbonyl (C=O) groups is 1. The van der Waals surface area contributed by atoms with Gasteiger partial charge in [0, 0.05) is 23.9 Å². The molecule has 0 aliphatic heterocycles. The summed E-state index contributed by atoms with van der Waals surface area (Å²) in [5.74, 6) is -0.475. The van der Waals surface area contributed by atoms with Gasteiger partial charge in [-0.15, -0.1) is 0 Å². The number of halogens is 2. The van der Waals surface area contributed by atoms with Crippen molar-refractivity contribution in [3.8, 4) is 0 Å². The van der Waals surface area contributed by atoms with Crippen LogP contribution in [0.25, 0.3) is 0 Å². The predicted octanol–water partition coefficient (Wildman–Crippen LogP) is 3.38. The number of amides is 1. The van der Waals surface area contributed by atoms with Crippen LogP contribution in [-0.4, -0.2) is 28.9 Å². The lowest BCUT2D eigenvalue weighted by Gasteiger charge is -2.11. The first-order valence-electron chi connectivity index (χ1n) is 5.31. The number of nitrogens with one attached hydrogen (secondary N) is 1. The molecule has 0 heterocycles. The Kier molecular flexibility index (Phi) is 5.90. The maximum absolute atomic E-state index is 11.9. The molecule has 0 bridgehead atoms. The molecule has 0 aromatic heterocycles. The number of nitrogens with zero attached hydrogens (tertiary/aromatic N) is 1. The summed E-state index contributed by atoms with van der Waals surface area (Å²) in [5.41, 5.74) is -0.258. The summed E-state index contributed by atoms with van der Waals surface area (Å²) >= 11 is 13.3. The van der Waals surface area contributed by atoms with E-state index in [1.807, 2.05) is 13.2 Å². The molecule has 1 aromatic rings. The number of nitro groups is 1. The van der Waals surface area contributed by atoms with E-state index in [1.54, 1.807) is 11.8 Å². The Morgan fingerprint density at radius 2 is 2.16 bits per heavy atom. The van der Waals surface area contributed by atoms with Gasteiger partial charge in [0.25, 0.3) is 11.6 Å². The fourth-order valence-electron chi connectivity index (χ4n) is 1.26. The van der Waals surface area contributed by atoms with Gasteiger partial charge in [-0.1, -0.05) is 30.1 Å². The van der Waals surface area contributed by atoms with Crippen molar-refractivity contribution in [1.82, 2.24) is 5.32 Å². The summed E-state index contributed by atoms with van der Waals surface area (Å²) in [6.45, 7) is 2.39. The standard InChI is InChI=1S/C11H12Cl2N2O3S/c1-6(19-2)5-14-11(16)8-3-7(15(17)18)4-9(12)10(8)13/h3-4,6H,5H2,1-2H3,(H,14,16). The van der Waals surface area contributed by atoms with Gasteiger partial charge in [0.2, 0.25) is 0 Å². The van der Waals surface area contributed by atoms with Crippen LogP contribution in [-0.2, 0) is 0 Å².